The number of nitrogens with zero attached hydrogens (tertiary/aromatic N) is 2. The molecule has 1 atom stereocenters. The normalized spacial score (nSPS) is 12.6. The first-order chi connectivity index (χ1) is 9.65. The monoisotopic (exact) mass is 354 g/mol. The number of guanidine groups is 1. The fraction of sp³-hybridized carbons (Fsp3) is 0.375. The van der Waals surface area contributed by atoms with Crippen LogP contribution in [0.5, 0.6) is 0 Å². The van der Waals surface area contributed by atoms with Gasteiger partial charge in [0.15, 0.2) is 5.96 Å². The van der Waals surface area contributed by atoms with Crippen LogP contribution in [-0.2, 0) is 31.6 Å². The van der Waals surface area contributed by atoms with Gasteiger partial charge >= 0.3 is 0 Å². The molecule has 0 aliphatic heterocycles. The van der Waals surface area contributed by atoms with Crippen LogP contribution in [0.4, 0.5) is 5.13 Å². The topological polar surface area (TPSA) is 184 Å². The van der Waals surface area contributed by atoms with Crippen molar-refractivity contribution in [2.24, 2.45) is 21.6 Å². The lowest BCUT2D eigenvalue weighted by Gasteiger charge is -2.02. The van der Waals surface area contributed by atoms with Crippen molar-refractivity contribution in [3.8, 4) is 0 Å². The SMILES string of the molecule is NC(N)=Nc1nc(CS(=O)CCC(=O)NS(N)(=O)=O)cs1. The second kappa shape index (κ2) is 7.44. The van der Waals surface area contributed by atoms with Crippen molar-refractivity contribution >= 4 is 49.3 Å². The quantitative estimate of drug-likeness (QED) is 0.322. The van der Waals surface area contributed by atoms with E-state index < -0.39 is 26.9 Å². The van der Waals surface area contributed by atoms with E-state index in [-0.39, 0.29) is 23.9 Å². The van der Waals surface area contributed by atoms with Crippen LogP contribution in [0.25, 0.3) is 0 Å². The summed E-state index contributed by atoms with van der Waals surface area (Å²) in [6.07, 6.45) is -0.228. The fourth-order valence-electron chi connectivity index (χ4n) is 1.18. The van der Waals surface area contributed by atoms with Crippen LogP contribution in [0.15, 0.2) is 10.4 Å². The lowest BCUT2D eigenvalue weighted by Crippen LogP contribution is -2.36. The van der Waals surface area contributed by atoms with Gasteiger partial charge < -0.3 is 11.5 Å². The molecule has 1 unspecified atom stereocenters. The van der Waals surface area contributed by atoms with Gasteiger partial charge in [-0.3, -0.25) is 9.00 Å². The standard InChI is InChI=1S/C8H14N6O4S3/c9-7(10)13-8-12-5(3-19-8)4-20(16)2-1-6(15)14-21(11,17)18/h3H,1-2,4H2,(H,14,15)(H2,11,17,18)(H4,9,10,12,13). The van der Waals surface area contributed by atoms with E-state index in [1.807, 2.05) is 0 Å². The number of thiazole rings is 1. The Bertz CT molecular complexity index is 663. The predicted molar refractivity (Wildman–Crippen MR) is 80.2 cm³/mol. The Balaban J connectivity index is 2.46. The van der Waals surface area contributed by atoms with Crippen molar-refractivity contribution in [3.05, 3.63) is 11.1 Å². The molecule has 0 saturated carbocycles. The van der Waals surface area contributed by atoms with Gasteiger partial charge in [0.25, 0.3) is 10.2 Å². The van der Waals surface area contributed by atoms with Gasteiger partial charge in [-0.2, -0.15) is 13.4 Å². The summed E-state index contributed by atoms with van der Waals surface area (Å²) in [7, 11) is -5.47. The zero-order valence-electron chi connectivity index (χ0n) is 10.7. The summed E-state index contributed by atoms with van der Waals surface area (Å²) in [6, 6.07) is 0. The molecule has 1 amide bonds. The predicted octanol–water partition coefficient (Wildman–Crippen LogP) is -1.99. The van der Waals surface area contributed by atoms with E-state index in [1.54, 1.807) is 10.1 Å². The zero-order valence-corrected chi connectivity index (χ0v) is 13.1. The summed E-state index contributed by atoms with van der Waals surface area (Å²) in [4.78, 5) is 19.0. The summed E-state index contributed by atoms with van der Waals surface area (Å²) in [5.74, 6) is -0.850. The number of aliphatic imine (C=N–C) groups is 1. The molecule has 1 aromatic heterocycles. The maximum atomic E-state index is 11.7. The lowest BCUT2D eigenvalue weighted by molar-refractivity contribution is -0.118. The van der Waals surface area contributed by atoms with Crippen LogP contribution in [0.2, 0.25) is 0 Å². The maximum Gasteiger partial charge on any atom is 0.298 e. The van der Waals surface area contributed by atoms with Crippen molar-refractivity contribution in [1.29, 1.82) is 0 Å². The third-order valence-corrected chi connectivity index (χ3v) is 4.46. The average Bonchev–Trinajstić information content (AvgIpc) is 2.70. The molecule has 21 heavy (non-hydrogen) atoms. The van der Waals surface area contributed by atoms with E-state index >= 15 is 0 Å². The van der Waals surface area contributed by atoms with E-state index in [9.17, 15) is 17.4 Å². The van der Waals surface area contributed by atoms with E-state index in [4.69, 9.17) is 11.5 Å². The molecule has 118 valence electrons. The van der Waals surface area contributed by atoms with E-state index in [0.717, 1.165) is 0 Å². The minimum Gasteiger partial charge on any atom is -0.370 e. The first-order valence-corrected chi connectivity index (χ1v) is 9.29. The van der Waals surface area contributed by atoms with Gasteiger partial charge in [-0.05, 0) is 0 Å². The Labute approximate surface area is 127 Å². The first kappa shape index (κ1) is 17.5. The molecule has 0 radical (unpaired) electrons. The van der Waals surface area contributed by atoms with Crippen LogP contribution in [0.3, 0.4) is 0 Å². The number of carbonyl (C=O) groups excluding carboxylic acids is 1. The molecule has 0 aliphatic carbocycles. The highest BCUT2D eigenvalue weighted by Crippen LogP contribution is 2.19. The summed E-state index contributed by atoms with van der Waals surface area (Å²) in [6.45, 7) is 0. The number of carbonyl (C=O) groups is 1. The lowest BCUT2D eigenvalue weighted by atomic mass is 10.5. The Morgan fingerprint density at radius 2 is 2.14 bits per heavy atom. The van der Waals surface area contributed by atoms with Crippen LogP contribution < -0.4 is 21.3 Å². The Morgan fingerprint density at radius 1 is 1.48 bits per heavy atom. The molecule has 13 heteroatoms. The first-order valence-electron chi connectivity index (χ1n) is 5.38. The highest BCUT2D eigenvalue weighted by Gasteiger charge is 2.12. The van der Waals surface area contributed by atoms with Gasteiger partial charge in [-0.1, -0.05) is 0 Å². The molecule has 0 fully saturated rings. The molecule has 0 saturated heterocycles. The summed E-state index contributed by atoms with van der Waals surface area (Å²) in [5.41, 5.74) is 10.9. The molecule has 10 nitrogen and oxygen atoms in total. The molecule has 0 aromatic carbocycles. The van der Waals surface area contributed by atoms with Crippen LogP contribution >= 0.6 is 11.3 Å². The number of aromatic nitrogens is 1. The van der Waals surface area contributed by atoms with Gasteiger partial charge in [0.05, 0.1) is 11.4 Å². The molecule has 1 rings (SSSR count). The van der Waals surface area contributed by atoms with Crippen LogP contribution in [-0.4, -0.2) is 35.2 Å². The average molecular weight is 354 g/mol. The van der Waals surface area contributed by atoms with Crippen molar-refractivity contribution in [3.63, 3.8) is 0 Å². The second-order valence-electron chi connectivity index (χ2n) is 3.77. The fourth-order valence-corrected chi connectivity index (χ4v) is 3.44. The largest absolute Gasteiger partial charge is 0.370 e. The van der Waals surface area contributed by atoms with E-state index in [0.29, 0.717) is 10.8 Å². The minimum atomic E-state index is -4.09. The molecular weight excluding hydrogens is 340 g/mol. The van der Waals surface area contributed by atoms with Gasteiger partial charge in [0.2, 0.25) is 11.0 Å². The maximum absolute atomic E-state index is 11.7. The third kappa shape index (κ3) is 7.69. The van der Waals surface area contributed by atoms with Gasteiger partial charge in [0, 0.05) is 28.4 Å². The van der Waals surface area contributed by atoms with Gasteiger partial charge in [-0.15, -0.1) is 11.3 Å². The number of rotatable bonds is 7. The molecule has 7 N–H and O–H groups in total. The second-order valence-corrected chi connectivity index (χ2v) is 7.47. The molecule has 0 aliphatic rings. The Morgan fingerprint density at radius 3 is 2.71 bits per heavy atom. The highest BCUT2D eigenvalue weighted by atomic mass is 32.2. The van der Waals surface area contributed by atoms with Crippen LogP contribution in [0, 0.1) is 0 Å². The van der Waals surface area contributed by atoms with Gasteiger partial charge in [0.1, 0.15) is 0 Å². The summed E-state index contributed by atoms with van der Waals surface area (Å²) < 4.78 is 34.5. The number of amides is 1. The number of nitrogens with one attached hydrogen (secondary N) is 1. The van der Waals surface area contributed by atoms with E-state index in [2.05, 4.69) is 15.1 Å². The van der Waals surface area contributed by atoms with Gasteiger partial charge in [-0.25, -0.2) is 14.8 Å². The highest BCUT2D eigenvalue weighted by molar-refractivity contribution is 7.87. The Kier molecular flexibility index (Phi) is 6.19. The zero-order chi connectivity index (χ0) is 16.0. The summed E-state index contributed by atoms with van der Waals surface area (Å²) >= 11 is 1.18. The van der Waals surface area contributed by atoms with Crippen molar-refractivity contribution in [2.75, 3.05) is 5.75 Å². The minimum absolute atomic E-state index is 0.0174. The molecular formula is C8H14N6O4S3. The number of nitrogens with two attached hydrogens (primary N) is 3. The molecule has 1 heterocycles. The number of hydrogen-bond donors (Lipinski definition) is 4. The van der Waals surface area contributed by atoms with Crippen molar-refractivity contribution < 1.29 is 17.4 Å². The molecule has 0 spiro atoms. The van der Waals surface area contributed by atoms with Crippen molar-refractivity contribution in [1.82, 2.24) is 9.71 Å². The van der Waals surface area contributed by atoms with E-state index in [1.165, 1.54) is 11.3 Å². The summed E-state index contributed by atoms with van der Waals surface area (Å²) in [5, 5.41) is 6.62. The van der Waals surface area contributed by atoms with Crippen molar-refractivity contribution in [2.45, 2.75) is 12.2 Å². The number of hydrogen-bond acceptors (Lipinski definition) is 7. The van der Waals surface area contributed by atoms with Crippen LogP contribution in [0.1, 0.15) is 12.1 Å². The molecule has 1 aromatic rings. The third-order valence-electron chi connectivity index (χ3n) is 1.89. The molecule has 0 bridgehead atoms. The smallest absolute Gasteiger partial charge is 0.298 e. The Hall–Kier alpha value is -1.57.